The lowest BCUT2D eigenvalue weighted by molar-refractivity contribution is 0.0213. The zero-order chi connectivity index (χ0) is 16.7. The first-order chi connectivity index (χ1) is 11.1. The maximum absolute atomic E-state index is 12.2. The maximum atomic E-state index is 12.2. The molecule has 2 rings (SSSR count). The lowest BCUT2D eigenvalue weighted by Gasteiger charge is -2.27. The van der Waals surface area contributed by atoms with Gasteiger partial charge in [-0.25, -0.2) is 0 Å². The first-order valence-electron chi connectivity index (χ1n) is 7.95. The van der Waals surface area contributed by atoms with Crippen LogP contribution in [0, 0.1) is 0 Å². The van der Waals surface area contributed by atoms with Gasteiger partial charge in [-0.3, -0.25) is 4.79 Å². The first-order valence-corrected chi connectivity index (χ1v) is 7.95. The van der Waals surface area contributed by atoms with Gasteiger partial charge in [-0.05, 0) is 25.0 Å². The van der Waals surface area contributed by atoms with Gasteiger partial charge in [0.05, 0.1) is 5.60 Å². The highest BCUT2D eigenvalue weighted by Gasteiger charge is 2.25. The molecule has 0 bridgehead atoms. The average molecular weight is 317 g/mol. The third kappa shape index (κ3) is 4.63. The van der Waals surface area contributed by atoms with Gasteiger partial charge in [-0.1, -0.05) is 44.0 Å². The third-order valence-corrected chi connectivity index (χ3v) is 3.78. The van der Waals surface area contributed by atoms with E-state index in [4.69, 9.17) is 4.52 Å². The Bertz CT molecular complexity index is 603. The molecule has 1 aromatic heterocycles. The Hall–Kier alpha value is -2.21. The minimum Gasteiger partial charge on any atom is -0.388 e. The largest absolute Gasteiger partial charge is 0.388 e. The Morgan fingerprint density at radius 2 is 1.87 bits per heavy atom. The van der Waals surface area contributed by atoms with E-state index in [1.807, 2.05) is 13.8 Å². The Morgan fingerprint density at radius 3 is 2.39 bits per heavy atom. The standard InChI is InChI=1S/C17H23N3O3/c1-3-9-17(22,10-4-2)11-18-16(21)14-7-5-13(6-8-14)15-19-12-23-20-15/h5-8,12,22H,3-4,9-11H2,1-2H3,(H,18,21). The van der Waals surface area contributed by atoms with Crippen molar-refractivity contribution in [2.45, 2.75) is 45.1 Å². The van der Waals surface area contributed by atoms with E-state index in [1.54, 1.807) is 24.3 Å². The van der Waals surface area contributed by atoms with Crippen molar-refractivity contribution >= 4 is 5.91 Å². The normalized spacial score (nSPS) is 11.4. The molecule has 0 spiro atoms. The molecular formula is C17H23N3O3. The highest BCUT2D eigenvalue weighted by Crippen LogP contribution is 2.19. The summed E-state index contributed by atoms with van der Waals surface area (Å²) in [6.45, 7) is 4.32. The van der Waals surface area contributed by atoms with Gasteiger partial charge >= 0.3 is 0 Å². The molecule has 6 heteroatoms. The van der Waals surface area contributed by atoms with Gasteiger partial charge in [0.1, 0.15) is 0 Å². The number of amides is 1. The van der Waals surface area contributed by atoms with Gasteiger partial charge in [-0.15, -0.1) is 0 Å². The van der Waals surface area contributed by atoms with Crippen molar-refractivity contribution in [1.29, 1.82) is 0 Å². The van der Waals surface area contributed by atoms with Crippen LogP contribution in [0.25, 0.3) is 11.4 Å². The molecule has 124 valence electrons. The SMILES string of the molecule is CCCC(O)(CCC)CNC(=O)c1ccc(-c2ncon2)cc1. The van der Waals surface area contributed by atoms with Crippen LogP contribution in [-0.2, 0) is 0 Å². The molecule has 0 fully saturated rings. The predicted octanol–water partition coefficient (Wildman–Crippen LogP) is 2.80. The molecule has 2 aromatic rings. The Kier molecular flexibility index (Phi) is 5.87. The van der Waals surface area contributed by atoms with Crippen LogP contribution < -0.4 is 5.32 Å². The number of hydrogen-bond acceptors (Lipinski definition) is 5. The van der Waals surface area contributed by atoms with Gasteiger partial charge < -0.3 is 14.9 Å². The second kappa shape index (κ2) is 7.87. The van der Waals surface area contributed by atoms with E-state index < -0.39 is 5.60 Å². The van der Waals surface area contributed by atoms with Gasteiger partial charge in [-0.2, -0.15) is 4.98 Å². The lowest BCUT2D eigenvalue weighted by atomic mass is 9.92. The van der Waals surface area contributed by atoms with Crippen molar-refractivity contribution in [1.82, 2.24) is 15.5 Å². The zero-order valence-corrected chi connectivity index (χ0v) is 13.6. The molecule has 1 heterocycles. The maximum Gasteiger partial charge on any atom is 0.251 e. The summed E-state index contributed by atoms with van der Waals surface area (Å²) in [6, 6.07) is 6.95. The summed E-state index contributed by atoms with van der Waals surface area (Å²) < 4.78 is 4.70. The van der Waals surface area contributed by atoms with E-state index in [0.717, 1.165) is 18.4 Å². The molecule has 23 heavy (non-hydrogen) atoms. The van der Waals surface area contributed by atoms with Crippen molar-refractivity contribution in [3.63, 3.8) is 0 Å². The molecule has 0 unspecified atom stereocenters. The van der Waals surface area contributed by atoms with Crippen LogP contribution >= 0.6 is 0 Å². The first kappa shape index (κ1) is 17.1. The molecule has 0 aliphatic rings. The molecule has 0 radical (unpaired) electrons. The minimum atomic E-state index is -0.830. The van der Waals surface area contributed by atoms with E-state index in [2.05, 4.69) is 15.5 Å². The molecule has 1 amide bonds. The highest BCUT2D eigenvalue weighted by molar-refractivity contribution is 5.94. The monoisotopic (exact) mass is 317 g/mol. The fourth-order valence-corrected chi connectivity index (χ4v) is 2.65. The Balaban J connectivity index is 1.97. The average Bonchev–Trinajstić information content (AvgIpc) is 3.08. The zero-order valence-electron chi connectivity index (χ0n) is 13.6. The van der Waals surface area contributed by atoms with Gasteiger partial charge in [0.25, 0.3) is 5.91 Å². The predicted molar refractivity (Wildman–Crippen MR) is 86.8 cm³/mol. The van der Waals surface area contributed by atoms with Crippen molar-refractivity contribution in [3.8, 4) is 11.4 Å². The van der Waals surface area contributed by atoms with E-state index in [1.165, 1.54) is 6.39 Å². The number of rotatable bonds is 8. The molecule has 0 saturated carbocycles. The molecular weight excluding hydrogens is 294 g/mol. The quantitative estimate of drug-likeness (QED) is 0.781. The van der Waals surface area contributed by atoms with E-state index in [9.17, 15) is 9.90 Å². The van der Waals surface area contributed by atoms with Gasteiger partial charge in [0, 0.05) is 17.7 Å². The summed E-state index contributed by atoms with van der Waals surface area (Å²) in [7, 11) is 0. The summed E-state index contributed by atoms with van der Waals surface area (Å²) in [6.07, 6.45) is 4.38. The molecule has 2 N–H and O–H groups in total. The Morgan fingerprint density at radius 1 is 1.22 bits per heavy atom. The molecule has 0 aliphatic heterocycles. The number of aliphatic hydroxyl groups is 1. The highest BCUT2D eigenvalue weighted by atomic mass is 16.5. The number of hydrogen-bond donors (Lipinski definition) is 2. The van der Waals surface area contributed by atoms with Gasteiger partial charge in [0.15, 0.2) is 0 Å². The Labute approximate surface area is 135 Å². The third-order valence-electron chi connectivity index (χ3n) is 3.78. The van der Waals surface area contributed by atoms with Crippen LogP contribution in [-0.4, -0.2) is 33.3 Å². The molecule has 0 saturated heterocycles. The smallest absolute Gasteiger partial charge is 0.251 e. The summed E-state index contributed by atoms with van der Waals surface area (Å²) >= 11 is 0. The number of aromatic nitrogens is 2. The summed E-state index contributed by atoms with van der Waals surface area (Å²) in [5.74, 6) is 0.285. The minimum absolute atomic E-state index is 0.199. The number of carbonyl (C=O) groups is 1. The molecule has 1 aromatic carbocycles. The summed E-state index contributed by atoms with van der Waals surface area (Å²) in [5.41, 5.74) is 0.486. The number of benzene rings is 1. The van der Waals surface area contributed by atoms with Crippen LogP contribution in [0.1, 0.15) is 49.9 Å². The topological polar surface area (TPSA) is 88.2 Å². The number of nitrogens with one attached hydrogen (secondary N) is 1. The van der Waals surface area contributed by atoms with Crippen LogP contribution in [0.3, 0.4) is 0 Å². The van der Waals surface area contributed by atoms with Crippen molar-refractivity contribution < 1.29 is 14.4 Å². The fourth-order valence-electron chi connectivity index (χ4n) is 2.65. The summed E-state index contributed by atoms with van der Waals surface area (Å²) in [4.78, 5) is 16.2. The van der Waals surface area contributed by atoms with Crippen LogP contribution in [0.4, 0.5) is 0 Å². The summed E-state index contributed by atoms with van der Waals surface area (Å²) in [5, 5.41) is 17.1. The van der Waals surface area contributed by atoms with Crippen LogP contribution in [0.2, 0.25) is 0 Å². The van der Waals surface area contributed by atoms with E-state index in [-0.39, 0.29) is 12.5 Å². The van der Waals surface area contributed by atoms with E-state index >= 15 is 0 Å². The van der Waals surface area contributed by atoms with E-state index in [0.29, 0.717) is 24.2 Å². The molecule has 0 atom stereocenters. The second-order valence-corrected chi connectivity index (χ2v) is 5.74. The number of nitrogens with zero attached hydrogens (tertiary/aromatic N) is 2. The molecule has 0 aliphatic carbocycles. The fraction of sp³-hybridized carbons (Fsp3) is 0.471. The van der Waals surface area contributed by atoms with Crippen molar-refractivity contribution in [2.75, 3.05) is 6.54 Å². The lowest BCUT2D eigenvalue weighted by Crippen LogP contribution is -2.42. The van der Waals surface area contributed by atoms with Crippen LogP contribution in [0.15, 0.2) is 35.2 Å². The second-order valence-electron chi connectivity index (χ2n) is 5.74. The van der Waals surface area contributed by atoms with Crippen LogP contribution in [0.5, 0.6) is 0 Å². The van der Waals surface area contributed by atoms with Crippen molar-refractivity contribution in [3.05, 3.63) is 36.2 Å². The number of carbonyl (C=O) groups excluding carboxylic acids is 1. The molecule has 6 nitrogen and oxygen atoms in total. The van der Waals surface area contributed by atoms with Gasteiger partial charge in [0.2, 0.25) is 12.2 Å². The van der Waals surface area contributed by atoms with Crippen molar-refractivity contribution in [2.24, 2.45) is 0 Å².